The molecule has 0 aromatic heterocycles. The van der Waals surface area contributed by atoms with Crippen LogP contribution in [-0.4, -0.2) is 69.6 Å². The third-order valence-electron chi connectivity index (χ3n) is 8.23. The number of carboxylic acid groups (broad SMARTS) is 1. The molecule has 4 fully saturated rings. The van der Waals surface area contributed by atoms with Gasteiger partial charge < -0.3 is 9.84 Å². The van der Waals surface area contributed by atoms with Gasteiger partial charge in [-0.2, -0.15) is 0 Å². The van der Waals surface area contributed by atoms with Gasteiger partial charge in [0.25, 0.3) is 0 Å². The van der Waals surface area contributed by atoms with E-state index in [2.05, 4.69) is 30.3 Å². The van der Waals surface area contributed by atoms with Crippen LogP contribution in [0.1, 0.15) is 54.4 Å². The topological polar surface area (TPSA) is 46.5 Å². The first-order chi connectivity index (χ1) is 15.0. The van der Waals surface area contributed by atoms with Gasteiger partial charge in [-0.15, -0.1) is 0 Å². The first-order valence-corrected chi connectivity index (χ1v) is 11.5. The Hall–Kier alpha value is -1.17. The van der Waals surface area contributed by atoms with E-state index >= 15 is 0 Å². The van der Waals surface area contributed by atoms with Crippen molar-refractivity contribution in [1.82, 2.24) is 0 Å². The van der Waals surface area contributed by atoms with Crippen LogP contribution in [0.5, 0.6) is 5.75 Å². The van der Waals surface area contributed by atoms with Gasteiger partial charge in [-0.05, 0) is 114 Å². The second-order valence-corrected chi connectivity index (χ2v) is 10.2. The fourth-order valence-corrected chi connectivity index (χ4v) is 7.30. The zero-order valence-corrected chi connectivity index (χ0v) is 22.1. The van der Waals surface area contributed by atoms with Crippen molar-refractivity contribution in [2.75, 3.05) is 7.11 Å². The van der Waals surface area contributed by atoms with Crippen molar-refractivity contribution in [3.63, 3.8) is 0 Å². The molecule has 4 heteroatoms. The second-order valence-electron chi connectivity index (χ2n) is 10.2. The van der Waals surface area contributed by atoms with E-state index in [4.69, 9.17) is 4.74 Å². The zero-order chi connectivity index (χ0) is 21.2. The minimum absolute atomic E-state index is 0. The van der Waals surface area contributed by atoms with E-state index < -0.39 is 5.97 Å². The van der Waals surface area contributed by atoms with E-state index in [1.165, 1.54) is 55.2 Å². The number of rotatable bonds is 4. The Kier molecular flexibility index (Phi) is 6.04. The summed E-state index contributed by atoms with van der Waals surface area (Å²) < 4.78 is 5.88. The Balaban J connectivity index is 0.00000216. The van der Waals surface area contributed by atoms with Gasteiger partial charge in [0, 0.05) is 56.9 Å². The summed E-state index contributed by atoms with van der Waals surface area (Å²) in [7, 11) is 1.80. The standard InChI is InChI=1S/C28H28O3.K/c1-31-26-7-6-23(21-2-3-22-12-24(27(29)30)5-4-20(22)11-21)13-25(26)28-14-17-8-18(15-28)10-19(9-17)16-28;/h2-7,11-13,17-19H,8-10,14-16H2,1H3,(H,29,30);. The van der Waals surface area contributed by atoms with Gasteiger partial charge in [0.05, 0.1) is 12.7 Å². The third kappa shape index (κ3) is 3.78. The van der Waals surface area contributed by atoms with Crippen molar-refractivity contribution in [3.8, 4) is 16.9 Å². The third-order valence-corrected chi connectivity index (χ3v) is 8.23. The molecule has 4 aliphatic carbocycles. The molecule has 1 N–H and O–H groups in total. The predicted molar refractivity (Wildman–Crippen MR) is 128 cm³/mol. The summed E-state index contributed by atoms with van der Waals surface area (Å²) in [6.07, 6.45) is 8.25. The van der Waals surface area contributed by atoms with Gasteiger partial charge in [0.15, 0.2) is 0 Å². The molecule has 1 radical (unpaired) electrons. The van der Waals surface area contributed by atoms with Crippen LogP contribution in [0, 0.1) is 17.8 Å². The molecule has 4 saturated carbocycles. The summed E-state index contributed by atoms with van der Waals surface area (Å²) in [6, 6.07) is 18.4. The molecule has 0 heterocycles. The number of aromatic carboxylic acids is 1. The van der Waals surface area contributed by atoms with Crippen molar-refractivity contribution < 1.29 is 14.6 Å². The Bertz CT molecular complexity index is 1160. The molecule has 4 bridgehead atoms. The van der Waals surface area contributed by atoms with Crippen molar-refractivity contribution in [1.29, 1.82) is 0 Å². The van der Waals surface area contributed by atoms with Crippen molar-refractivity contribution in [3.05, 3.63) is 65.7 Å². The van der Waals surface area contributed by atoms with E-state index in [-0.39, 0.29) is 56.8 Å². The molecule has 0 unspecified atom stereocenters. The van der Waals surface area contributed by atoms with Crippen LogP contribution in [0.2, 0.25) is 0 Å². The molecule has 3 aromatic carbocycles. The van der Waals surface area contributed by atoms with Crippen molar-refractivity contribution >= 4 is 68.1 Å². The molecule has 7 rings (SSSR count). The van der Waals surface area contributed by atoms with Crippen LogP contribution in [-0.2, 0) is 5.41 Å². The maximum Gasteiger partial charge on any atom is 0.335 e. The molecule has 0 saturated heterocycles. The molecule has 0 atom stereocenters. The monoisotopic (exact) mass is 451 g/mol. The molecular weight excluding hydrogens is 423 g/mol. The summed E-state index contributed by atoms with van der Waals surface area (Å²) in [5, 5.41) is 11.3. The second kappa shape index (κ2) is 8.55. The van der Waals surface area contributed by atoms with Crippen LogP contribution in [0.15, 0.2) is 54.6 Å². The minimum Gasteiger partial charge on any atom is -0.496 e. The van der Waals surface area contributed by atoms with E-state index in [0.29, 0.717) is 5.56 Å². The summed E-state index contributed by atoms with van der Waals surface area (Å²) >= 11 is 0. The number of benzene rings is 3. The average Bonchev–Trinajstić information content (AvgIpc) is 2.77. The molecule has 3 aromatic rings. The van der Waals surface area contributed by atoms with Gasteiger partial charge in [-0.3, -0.25) is 0 Å². The van der Waals surface area contributed by atoms with E-state index in [1.54, 1.807) is 19.2 Å². The molecule has 0 spiro atoms. The largest absolute Gasteiger partial charge is 0.496 e. The number of methoxy groups -OCH3 is 1. The fourth-order valence-electron chi connectivity index (χ4n) is 7.30. The molecule has 0 amide bonds. The minimum atomic E-state index is -0.888. The molecule has 3 nitrogen and oxygen atoms in total. The van der Waals surface area contributed by atoms with Crippen LogP contribution in [0.25, 0.3) is 21.9 Å². The Morgan fingerprint density at radius 3 is 2.03 bits per heavy atom. The number of carbonyl (C=O) groups is 1. The summed E-state index contributed by atoms with van der Waals surface area (Å²) in [4.78, 5) is 11.3. The quantitative estimate of drug-likeness (QED) is 0.474. The van der Waals surface area contributed by atoms with Crippen molar-refractivity contribution in [2.24, 2.45) is 17.8 Å². The van der Waals surface area contributed by atoms with Crippen LogP contribution < -0.4 is 4.74 Å². The maximum absolute atomic E-state index is 11.3. The molecule has 0 aliphatic heterocycles. The first kappa shape index (κ1) is 22.6. The van der Waals surface area contributed by atoms with E-state index in [0.717, 1.165) is 34.3 Å². The van der Waals surface area contributed by atoms with Crippen LogP contribution in [0.3, 0.4) is 0 Å². The number of hydrogen-bond acceptors (Lipinski definition) is 2. The molecule has 159 valence electrons. The summed E-state index contributed by atoms with van der Waals surface area (Å²) in [6.45, 7) is 0. The van der Waals surface area contributed by atoms with Gasteiger partial charge in [0.2, 0.25) is 0 Å². The van der Waals surface area contributed by atoms with Gasteiger partial charge >= 0.3 is 5.97 Å². The smallest absolute Gasteiger partial charge is 0.335 e. The molecular formula is C28H28KO3. The van der Waals surface area contributed by atoms with Crippen LogP contribution >= 0.6 is 0 Å². The Labute approximate surface area is 232 Å². The number of fused-ring (bicyclic) bond motifs is 1. The fraction of sp³-hybridized carbons (Fsp3) is 0.393. The van der Waals surface area contributed by atoms with Crippen molar-refractivity contribution in [2.45, 2.75) is 43.9 Å². The van der Waals surface area contributed by atoms with Gasteiger partial charge in [-0.25, -0.2) is 4.79 Å². The Morgan fingerprint density at radius 1 is 0.844 bits per heavy atom. The average molecular weight is 452 g/mol. The van der Waals surface area contributed by atoms with Crippen LogP contribution in [0.4, 0.5) is 0 Å². The number of ether oxygens (including phenoxy) is 1. The SMILES string of the molecule is COc1ccc(-c2ccc3cc(C(=O)O)ccc3c2)cc1C12CC3CC(CC(C3)C1)C2.[K]. The normalized spacial score (nSPS) is 27.8. The van der Waals surface area contributed by atoms with E-state index in [9.17, 15) is 9.90 Å². The Morgan fingerprint density at radius 2 is 1.41 bits per heavy atom. The first-order valence-electron chi connectivity index (χ1n) is 11.5. The maximum atomic E-state index is 11.3. The zero-order valence-electron chi connectivity index (χ0n) is 18.9. The predicted octanol–water partition coefficient (Wildman–Crippen LogP) is 6.30. The summed E-state index contributed by atoms with van der Waals surface area (Å²) in [5.41, 5.74) is 4.41. The van der Waals surface area contributed by atoms with Gasteiger partial charge in [0.1, 0.15) is 5.75 Å². The van der Waals surface area contributed by atoms with Gasteiger partial charge in [-0.1, -0.05) is 24.3 Å². The molecule has 4 aliphatic rings. The summed E-state index contributed by atoms with van der Waals surface area (Å²) in [5.74, 6) is 2.83. The number of carboxylic acids is 1. The van der Waals surface area contributed by atoms with E-state index in [1.807, 2.05) is 12.1 Å². The number of hydrogen-bond donors (Lipinski definition) is 1. The molecule has 32 heavy (non-hydrogen) atoms.